The number of nitrogens with zero attached hydrogens (tertiary/aromatic N) is 3. The average Bonchev–Trinajstić information content (AvgIpc) is 2.84. The van der Waals surface area contributed by atoms with Crippen LogP contribution in [0.4, 0.5) is 0 Å². The first-order valence-corrected chi connectivity index (χ1v) is 7.21. The number of nitriles is 1. The van der Waals surface area contributed by atoms with Crippen LogP contribution in [0.3, 0.4) is 0 Å². The van der Waals surface area contributed by atoms with E-state index < -0.39 is 6.04 Å². The van der Waals surface area contributed by atoms with Crippen molar-refractivity contribution in [1.29, 1.82) is 5.26 Å². The third kappa shape index (κ3) is 3.05. The van der Waals surface area contributed by atoms with Gasteiger partial charge in [0.1, 0.15) is 11.9 Å². The molecule has 5 nitrogen and oxygen atoms in total. The van der Waals surface area contributed by atoms with E-state index in [1.807, 2.05) is 49.6 Å². The molecule has 2 unspecified atom stereocenters. The summed E-state index contributed by atoms with van der Waals surface area (Å²) in [6.45, 7) is 5.85. The molecule has 2 aromatic rings. The molecule has 0 fully saturated rings. The third-order valence-electron chi connectivity index (χ3n) is 3.67. The van der Waals surface area contributed by atoms with E-state index in [2.05, 4.69) is 16.4 Å². The molecule has 0 aliphatic rings. The molecule has 1 amide bonds. The maximum Gasteiger partial charge on any atom is 0.243 e. The number of aromatic nitrogens is 2. The topological polar surface area (TPSA) is 70.7 Å². The number of amides is 1. The number of para-hydroxylation sites is 2. The monoisotopic (exact) mass is 284 g/mol. The zero-order valence-corrected chi connectivity index (χ0v) is 12.6. The Labute approximate surface area is 124 Å². The van der Waals surface area contributed by atoms with Gasteiger partial charge in [0.25, 0.3) is 0 Å². The minimum atomic E-state index is -0.394. The fourth-order valence-corrected chi connectivity index (χ4v) is 2.30. The molecule has 0 saturated heterocycles. The minimum absolute atomic E-state index is 0.0494. The lowest BCUT2D eigenvalue weighted by atomic mass is 10.2. The summed E-state index contributed by atoms with van der Waals surface area (Å²) in [7, 11) is 0. The number of carbonyl (C=O) groups excluding carboxylic acids is 1. The van der Waals surface area contributed by atoms with Gasteiger partial charge in [0.05, 0.1) is 23.5 Å². The largest absolute Gasteiger partial charge is 0.352 e. The van der Waals surface area contributed by atoms with Crippen LogP contribution in [0.1, 0.15) is 39.1 Å². The van der Waals surface area contributed by atoms with Crippen LogP contribution in [-0.2, 0) is 11.2 Å². The number of carbonyl (C=O) groups is 1. The average molecular weight is 284 g/mol. The van der Waals surface area contributed by atoms with Crippen LogP contribution in [0.15, 0.2) is 24.3 Å². The van der Waals surface area contributed by atoms with Crippen molar-refractivity contribution in [2.75, 3.05) is 0 Å². The Hall–Kier alpha value is -2.35. The highest BCUT2D eigenvalue weighted by Crippen LogP contribution is 2.21. The van der Waals surface area contributed by atoms with Gasteiger partial charge in [-0.2, -0.15) is 5.26 Å². The lowest BCUT2D eigenvalue weighted by Crippen LogP contribution is -2.37. The summed E-state index contributed by atoms with van der Waals surface area (Å²) < 4.78 is 1.86. The normalized spacial score (nSPS) is 13.6. The van der Waals surface area contributed by atoms with E-state index in [-0.39, 0.29) is 18.4 Å². The van der Waals surface area contributed by atoms with E-state index in [9.17, 15) is 4.79 Å². The Morgan fingerprint density at radius 3 is 2.81 bits per heavy atom. The molecule has 1 heterocycles. The van der Waals surface area contributed by atoms with Crippen molar-refractivity contribution in [3.05, 3.63) is 30.1 Å². The lowest BCUT2D eigenvalue weighted by molar-refractivity contribution is -0.124. The van der Waals surface area contributed by atoms with E-state index in [0.29, 0.717) is 5.82 Å². The van der Waals surface area contributed by atoms with Crippen LogP contribution in [-0.4, -0.2) is 21.5 Å². The van der Waals surface area contributed by atoms with Crippen LogP contribution in [0, 0.1) is 11.3 Å². The Kier molecular flexibility index (Phi) is 4.59. The second-order valence-electron chi connectivity index (χ2n) is 5.22. The maximum atomic E-state index is 12.4. The smallest absolute Gasteiger partial charge is 0.243 e. The minimum Gasteiger partial charge on any atom is -0.352 e. The molecule has 0 aliphatic heterocycles. The summed E-state index contributed by atoms with van der Waals surface area (Å²) in [6, 6.07) is 9.49. The maximum absolute atomic E-state index is 12.4. The van der Waals surface area contributed by atoms with E-state index in [1.54, 1.807) is 0 Å². The summed E-state index contributed by atoms with van der Waals surface area (Å²) in [4.78, 5) is 16.8. The van der Waals surface area contributed by atoms with E-state index in [0.717, 1.165) is 17.5 Å². The number of rotatable bonds is 5. The molecule has 0 spiro atoms. The number of hydrogen-bond acceptors (Lipinski definition) is 3. The summed E-state index contributed by atoms with van der Waals surface area (Å²) in [6.07, 6.45) is 1.07. The number of nitrogens with one attached hydrogen (secondary N) is 1. The van der Waals surface area contributed by atoms with Crippen molar-refractivity contribution < 1.29 is 4.79 Å². The molecule has 0 aliphatic carbocycles. The molecule has 2 rings (SSSR count). The van der Waals surface area contributed by atoms with Crippen molar-refractivity contribution in [2.45, 2.75) is 45.7 Å². The summed E-state index contributed by atoms with van der Waals surface area (Å²) >= 11 is 0. The van der Waals surface area contributed by atoms with Crippen LogP contribution in [0.25, 0.3) is 11.0 Å². The van der Waals surface area contributed by atoms with Crippen molar-refractivity contribution >= 4 is 16.9 Å². The van der Waals surface area contributed by atoms with Gasteiger partial charge in [-0.3, -0.25) is 4.79 Å². The Morgan fingerprint density at radius 2 is 2.14 bits per heavy atom. The molecule has 1 aromatic carbocycles. The molecule has 2 atom stereocenters. The molecule has 0 bridgehead atoms. The fourth-order valence-electron chi connectivity index (χ4n) is 2.30. The molecular formula is C16H20N4O. The summed E-state index contributed by atoms with van der Waals surface area (Å²) in [5.41, 5.74) is 1.69. The first-order valence-electron chi connectivity index (χ1n) is 7.21. The standard InChI is InChI=1S/C16H20N4O/c1-4-11(2)18-16(21)12(3)20-14-8-6-5-7-13(14)19-15(20)9-10-17/h5-8,11-12H,4,9H2,1-3H3,(H,18,21). The highest BCUT2D eigenvalue weighted by atomic mass is 16.2. The third-order valence-corrected chi connectivity index (χ3v) is 3.67. The van der Waals surface area contributed by atoms with Gasteiger partial charge in [-0.25, -0.2) is 4.98 Å². The SMILES string of the molecule is CCC(C)NC(=O)C(C)n1c(CC#N)nc2ccccc21. The van der Waals surface area contributed by atoms with Gasteiger partial charge in [-0.05, 0) is 32.4 Å². The van der Waals surface area contributed by atoms with Crippen molar-refractivity contribution in [3.63, 3.8) is 0 Å². The van der Waals surface area contributed by atoms with Crippen LogP contribution < -0.4 is 5.32 Å². The van der Waals surface area contributed by atoms with Crippen LogP contribution in [0.2, 0.25) is 0 Å². The molecule has 1 N–H and O–H groups in total. The number of benzene rings is 1. The molecule has 0 radical (unpaired) electrons. The van der Waals surface area contributed by atoms with Gasteiger partial charge in [-0.15, -0.1) is 0 Å². The van der Waals surface area contributed by atoms with Gasteiger partial charge < -0.3 is 9.88 Å². The Balaban J connectivity index is 2.41. The predicted molar refractivity (Wildman–Crippen MR) is 81.7 cm³/mol. The van der Waals surface area contributed by atoms with E-state index >= 15 is 0 Å². The fraction of sp³-hybridized carbons (Fsp3) is 0.438. The first kappa shape index (κ1) is 15.0. The highest BCUT2D eigenvalue weighted by molar-refractivity contribution is 5.84. The van der Waals surface area contributed by atoms with Crippen LogP contribution >= 0.6 is 0 Å². The predicted octanol–water partition coefficient (Wildman–Crippen LogP) is 2.58. The molecule has 110 valence electrons. The second-order valence-corrected chi connectivity index (χ2v) is 5.22. The summed E-state index contributed by atoms with van der Waals surface area (Å²) in [5, 5.41) is 12.0. The molecule has 1 aromatic heterocycles. The number of fused-ring (bicyclic) bond motifs is 1. The second kappa shape index (κ2) is 6.40. The summed E-state index contributed by atoms with van der Waals surface area (Å²) in [5.74, 6) is 0.581. The zero-order valence-electron chi connectivity index (χ0n) is 12.6. The van der Waals surface area contributed by atoms with Crippen molar-refractivity contribution in [1.82, 2.24) is 14.9 Å². The van der Waals surface area contributed by atoms with Gasteiger partial charge >= 0.3 is 0 Å². The van der Waals surface area contributed by atoms with Crippen LogP contribution in [0.5, 0.6) is 0 Å². The Bertz CT molecular complexity index is 683. The van der Waals surface area contributed by atoms with Crippen molar-refractivity contribution in [3.8, 4) is 6.07 Å². The highest BCUT2D eigenvalue weighted by Gasteiger charge is 2.21. The number of hydrogen-bond donors (Lipinski definition) is 1. The zero-order chi connectivity index (χ0) is 15.4. The first-order chi connectivity index (χ1) is 10.1. The van der Waals surface area contributed by atoms with E-state index in [4.69, 9.17) is 5.26 Å². The van der Waals surface area contributed by atoms with E-state index in [1.165, 1.54) is 0 Å². The van der Waals surface area contributed by atoms with Gasteiger partial charge in [0.15, 0.2) is 0 Å². The quantitative estimate of drug-likeness (QED) is 0.917. The molecule has 21 heavy (non-hydrogen) atoms. The van der Waals surface area contributed by atoms with Gasteiger partial charge in [0, 0.05) is 6.04 Å². The molecular weight excluding hydrogens is 264 g/mol. The number of imidazole rings is 1. The lowest BCUT2D eigenvalue weighted by Gasteiger charge is -2.19. The van der Waals surface area contributed by atoms with Gasteiger partial charge in [-0.1, -0.05) is 19.1 Å². The molecule has 0 saturated carbocycles. The van der Waals surface area contributed by atoms with Gasteiger partial charge in [0.2, 0.25) is 5.91 Å². The van der Waals surface area contributed by atoms with Crippen molar-refractivity contribution in [2.24, 2.45) is 0 Å². The Morgan fingerprint density at radius 1 is 1.43 bits per heavy atom. The molecule has 5 heteroatoms.